The van der Waals surface area contributed by atoms with Crippen LogP contribution >= 0.6 is 27.5 Å². The molecular formula is C24H23BrClN3O2. The summed E-state index contributed by atoms with van der Waals surface area (Å²) in [5.41, 5.74) is 1.52. The van der Waals surface area contributed by atoms with Crippen LogP contribution in [0, 0.1) is 17.3 Å². The van der Waals surface area contributed by atoms with E-state index in [1.807, 2.05) is 46.2 Å². The van der Waals surface area contributed by atoms with Crippen LogP contribution in [0.15, 0.2) is 53.0 Å². The second kappa shape index (κ2) is 9.33. The summed E-state index contributed by atoms with van der Waals surface area (Å²) in [7, 11) is 0. The van der Waals surface area contributed by atoms with Gasteiger partial charge >= 0.3 is 6.03 Å². The second-order valence-electron chi connectivity index (χ2n) is 8.13. The maximum absolute atomic E-state index is 12.7. The SMILES string of the molecule is O=C(C#Cc1ccccc1)N1CCC2(CC1)CCN(C(=O)Nc1ccc(Br)cc1Cl)C2. The van der Waals surface area contributed by atoms with Gasteiger partial charge in [-0.1, -0.05) is 51.7 Å². The number of carbonyl (C=O) groups excluding carboxylic acids is 2. The van der Waals surface area contributed by atoms with Gasteiger partial charge in [0.15, 0.2) is 0 Å². The van der Waals surface area contributed by atoms with Gasteiger partial charge in [0.1, 0.15) is 0 Å². The van der Waals surface area contributed by atoms with Gasteiger partial charge in [0.2, 0.25) is 0 Å². The van der Waals surface area contributed by atoms with E-state index in [0.29, 0.717) is 36.9 Å². The Kier molecular flexibility index (Phi) is 6.54. The lowest BCUT2D eigenvalue weighted by atomic mass is 9.78. The molecule has 0 bridgehead atoms. The first-order chi connectivity index (χ1) is 14.9. The number of urea groups is 1. The number of nitrogens with zero attached hydrogens (tertiary/aromatic N) is 2. The molecule has 2 aliphatic rings. The molecule has 0 aliphatic carbocycles. The van der Waals surface area contributed by atoms with Gasteiger partial charge in [-0.05, 0) is 55.0 Å². The third-order valence-electron chi connectivity index (χ3n) is 6.10. The highest BCUT2D eigenvalue weighted by molar-refractivity contribution is 9.10. The number of likely N-dealkylation sites (tertiary alicyclic amines) is 2. The van der Waals surface area contributed by atoms with Crippen LogP contribution in [0.25, 0.3) is 0 Å². The van der Waals surface area contributed by atoms with Crippen molar-refractivity contribution in [2.45, 2.75) is 19.3 Å². The van der Waals surface area contributed by atoms with Gasteiger partial charge < -0.3 is 15.1 Å². The summed E-state index contributed by atoms with van der Waals surface area (Å²) >= 11 is 9.59. The fraction of sp³-hybridized carbons (Fsp3) is 0.333. The van der Waals surface area contributed by atoms with Crippen molar-refractivity contribution in [3.63, 3.8) is 0 Å². The number of hydrogen-bond donors (Lipinski definition) is 1. The van der Waals surface area contributed by atoms with E-state index in [4.69, 9.17) is 11.6 Å². The highest BCUT2D eigenvalue weighted by atomic mass is 79.9. The average Bonchev–Trinajstić information content (AvgIpc) is 3.19. The number of benzene rings is 2. The van der Waals surface area contributed by atoms with Crippen molar-refractivity contribution in [1.82, 2.24) is 9.80 Å². The Labute approximate surface area is 195 Å². The smallest absolute Gasteiger partial charge is 0.321 e. The van der Waals surface area contributed by atoms with Crippen molar-refractivity contribution in [2.75, 3.05) is 31.5 Å². The van der Waals surface area contributed by atoms with E-state index >= 15 is 0 Å². The summed E-state index contributed by atoms with van der Waals surface area (Å²) in [5.74, 6) is 5.57. The van der Waals surface area contributed by atoms with E-state index in [9.17, 15) is 9.59 Å². The predicted octanol–water partition coefficient (Wildman–Crippen LogP) is 5.00. The Bertz CT molecular complexity index is 1040. The molecule has 2 aromatic carbocycles. The summed E-state index contributed by atoms with van der Waals surface area (Å²) in [6.45, 7) is 2.76. The van der Waals surface area contributed by atoms with E-state index < -0.39 is 0 Å². The highest BCUT2D eigenvalue weighted by Gasteiger charge is 2.42. The summed E-state index contributed by atoms with van der Waals surface area (Å²) in [6, 6.07) is 14.8. The summed E-state index contributed by atoms with van der Waals surface area (Å²) in [4.78, 5) is 28.9. The molecular weight excluding hydrogens is 478 g/mol. The molecule has 0 unspecified atom stereocenters. The Hall–Kier alpha value is -2.49. The number of hydrogen-bond acceptors (Lipinski definition) is 2. The van der Waals surface area contributed by atoms with Crippen molar-refractivity contribution >= 4 is 45.2 Å². The third-order valence-corrected chi connectivity index (χ3v) is 6.90. The number of amides is 3. The minimum Gasteiger partial charge on any atom is -0.332 e. The fourth-order valence-electron chi connectivity index (χ4n) is 4.21. The van der Waals surface area contributed by atoms with Gasteiger partial charge in [0.05, 0.1) is 10.7 Å². The number of piperidine rings is 1. The van der Waals surface area contributed by atoms with Crippen molar-refractivity contribution in [3.05, 3.63) is 63.6 Å². The first-order valence-corrected chi connectivity index (χ1v) is 11.5. The summed E-state index contributed by atoms with van der Waals surface area (Å²) in [6.07, 6.45) is 2.72. The molecule has 1 N–H and O–H groups in total. The Balaban J connectivity index is 1.31. The zero-order valence-corrected chi connectivity index (χ0v) is 19.4. The Morgan fingerprint density at radius 1 is 1.00 bits per heavy atom. The van der Waals surface area contributed by atoms with Crippen molar-refractivity contribution in [1.29, 1.82) is 0 Å². The molecule has 0 radical (unpaired) electrons. The fourth-order valence-corrected chi connectivity index (χ4v) is 4.93. The van der Waals surface area contributed by atoms with Crippen molar-refractivity contribution in [2.24, 2.45) is 5.41 Å². The molecule has 2 heterocycles. The van der Waals surface area contributed by atoms with Gasteiger partial charge in [0.25, 0.3) is 5.91 Å². The molecule has 0 aromatic heterocycles. The molecule has 5 nitrogen and oxygen atoms in total. The molecule has 1 spiro atoms. The maximum atomic E-state index is 12.7. The molecule has 31 heavy (non-hydrogen) atoms. The minimum absolute atomic E-state index is 0.0739. The molecule has 2 aliphatic heterocycles. The van der Waals surface area contributed by atoms with Crippen LogP contribution in [-0.4, -0.2) is 47.9 Å². The first kappa shape index (κ1) is 21.7. The molecule has 0 saturated carbocycles. The number of halogens is 2. The number of carbonyl (C=O) groups is 2. The van der Waals surface area contributed by atoms with E-state index in [-0.39, 0.29) is 17.4 Å². The van der Waals surface area contributed by atoms with Gasteiger partial charge in [-0.15, -0.1) is 0 Å². The maximum Gasteiger partial charge on any atom is 0.321 e. The van der Waals surface area contributed by atoms with Crippen LogP contribution in [0.3, 0.4) is 0 Å². The Morgan fingerprint density at radius 3 is 2.35 bits per heavy atom. The lowest BCUT2D eigenvalue weighted by Crippen LogP contribution is -2.44. The monoisotopic (exact) mass is 499 g/mol. The molecule has 2 aromatic rings. The molecule has 4 rings (SSSR count). The molecule has 160 valence electrons. The minimum atomic E-state index is -0.131. The van der Waals surface area contributed by atoms with E-state index in [1.54, 1.807) is 12.1 Å². The van der Waals surface area contributed by atoms with Gasteiger partial charge in [-0.2, -0.15) is 0 Å². The standard InChI is InChI=1S/C24H23BrClN3O2/c25-19-7-8-21(20(26)16-19)27-23(31)29-15-12-24(17-29)10-13-28(14-11-24)22(30)9-6-18-4-2-1-3-5-18/h1-5,7-8,16H,10-15,17H2,(H,27,31). The second-order valence-corrected chi connectivity index (χ2v) is 9.46. The van der Waals surface area contributed by atoms with E-state index in [2.05, 4.69) is 33.1 Å². The molecule has 3 amide bonds. The average molecular weight is 501 g/mol. The van der Waals surface area contributed by atoms with Gasteiger partial charge in [0, 0.05) is 42.1 Å². The molecule has 2 fully saturated rings. The number of nitrogens with one attached hydrogen (secondary N) is 1. The molecule has 2 saturated heterocycles. The summed E-state index contributed by atoms with van der Waals surface area (Å²) < 4.78 is 0.866. The topological polar surface area (TPSA) is 52.7 Å². The third kappa shape index (κ3) is 5.23. The zero-order chi connectivity index (χ0) is 21.8. The van der Waals surface area contributed by atoms with Crippen molar-refractivity contribution in [3.8, 4) is 11.8 Å². The first-order valence-electron chi connectivity index (χ1n) is 10.3. The number of anilines is 1. The summed E-state index contributed by atoms with van der Waals surface area (Å²) in [5, 5.41) is 3.41. The predicted molar refractivity (Wildman–Crippen MR) is 126 cm³/mol. The van der Waals surface area contributed by atoms with Crippen LogP contribution in [0.5, 0.6) is 0 Å². The van der Waals surface area contributed by atoms with Crippen LogP contribution < -0.4 is 5.32 Å². The quantitative estimate of drug-likeness (QED) is 0.560. The van der Waals surface area contributed by atoms with Crippen LogP contribution in [0.1, 0.15) is 24.8 Å². The molecule has 0 atom stereocenters. The van der Waals surface area contributed by atoms with Gasteiger partial charge in [-0.25, -0.2) is 4.79 Å². The Morgan fingerprint density at radius 2 is 1.68 bits per heavy atom. The van der Waals surface area contributed by atoms with E-state index in [1.165, 1.54) is 0 Å². The van der Waals surface area contributed by atoms with Crippen molar-refractivity contribution < 1.29 is 9.59 Å². The number of rotatable bonds is 1. The largest absolute Gasteiger partial charge is 0.332 e. The van der Waals surface area contributed by atoms with Crippen LogP contribution in [0.2, 0.25) is 5.02 Å². The molecule has 7 heteroatoms. The zero-order valence-electron chi connectivity index (χ0n) is 17.0. The van der Waals surface area contributed by atoms with Crippen LogP contribution in [0.4, 0.5) is 10.5 Å². The normalized spacial score (nSPS) is 17.2. The lowest BCUT2D eigenvalue weighted by Gasteiger charge is -2.38. The lowest BCUT2D eigenvalue weighted by molar-refractivity contribution is -0.127. The van der Waals surface area contributed by atoms with E-state index in [0.717, 1.165) is 29.3 Å². The van der Waals surface area contributed by atoms with Crippen LogP contribution in [-0.2, 0) is 4.79 Å². The highest BCUT2D eigenvalue weighted by Crippen LogP contribution is 2.40. The van der Waals surface area contributed by atoms with Gasteiger partial charge in [-0.3, -0.25) is 4.79 Å².